The van der Waals surface area contributed by atoms with Crippen LogP contribution < -0.4 is 0 Å². The van der Waals surface area contributed by atoms with Crippen LogP contribution >= 0.6 is 0 Å². The second-order valence-corrected chi connectivity index (χ2v) is 4.47. The Morgan fingerprint density at radius 3 is 2.64 bits per heavy atom. The highest BCUT2D eigenvalue weighted by atomic mass is 16.5. The molecule has 1 atom stereocenters. The molecular weight excluding hydrogens is 176 g/mol. The van der Waals surface area contributed by atoms with E-state index in [1.807, 2.05) is 0 Å². The van der Waals surface area contributed by atoms with E-state index in [4.69, 9.17) is 4.74 Å². The molecule has 1 aliphatic carbocycles. The summed E-state index contributed by atoms with van der Waals surface area (Å²) in [5, 5.41) is 9.70. The number of rotatable bonds is 6. The Morgan fingerprint density at radius 1 is 1.29 bits per heavy atom. The summed E-state index contributed by atoms with van der Waals surface area (Å²) in [6, 6.07) is 0. The normalized spacial score (nSPS) is 21.0. The van der Waals surface area contributed by atoms with Crippen molar-refractivity contribution in [1.29, 1.82) is 0 Å². The fourth-order valence-corrected chi connectivity index (χ4v) is 2.24. The van der Waals surface area contributed by atoms with Gasteiger partial charge < -0.3 is 9.84 Å². The molecule has 1 fully saturated rings. The van der Waals surface area contributed by atoms with Crippen LogP contribution in [0, 0.1) is 5.92 Å². The minimum Gasteiger partial charge on any atom is -0.391 e. The quantitative estimate of drug-likeness (QED) is 0.668. The monoisotopic (exact) mass is 200 g/mol. The molecule has 0 saturated heterocycles. The van der Waals surface area contributed by atoms with Crippen molar-refractivity contribution in [2.45, 2.75) is 58.0 Å². The predicted molar refractivity (Wildman–Crippen MR) is 58.3 cm³/mol. The molecule has 1 rings (SSSR count). The van der Waals surface area contributed by atoms with E-state index in [1.54, 1.807) is 0 Å². The number of aliphatic hydroxyl groups excluding tert-OH is 1. The van der Waals surface area contributed by atoms with Crippen molar-refractivity contribution in [3.05, 3.63) is 0 Å². The van der Waals surface area contributed by atoms with Gasteiger partial charge in [0.2, 0.25) is 0 Å². The number of hydrogen-bond donors (Lipinski definition) is 1. The molecule has 0 aromatic rings. The molecule has 0 amide bonds. The van der Waals surface area contributed by atoms with Crippen molar-refractivity contribution in [3.63, 3.8) is 0 Å². The Kier molecular flexibility index (Phi) is 6.20. The number of ether oxygens (including phenoxy) is 1. The van der Waals surface area contributed by atoms with Crippen LogP contribution in [0.4, 0.5) is 0 Å². The van der Waals surface area contributed by atoms with Gasteiger partial charge in [-0.3, -0.25) is 0 Å². The molecule has 0 aliphatic heterocycles. The Balaban J connectivity index is 2.03. The summed E-state index contributed by atoms with van der Waals surface area (Å²) in [6.07, 6.45) is 8.47. The third kappa shape index (κ3) is 4.97. The van der Waals surface area contributed by atoms with Crippen LogP contribution in [0.15, 0.2) is 0 Å². The highest BCUT2D eigenvalue weighted by Gasteiger charge is 2.17. The molecule has 0 bridgehead atoms. The lowest BCUT2D eigenvalue weighted by atomic mass is 9.85. The molecule has 0 heterocycles. The van der Waals surface area contributed by atoms with Crippen LogP contribution in [0.25, 0.3) is 0 Å². The van der Waals surface area contributed by atoms with Gasteiger partial charge in [0.25, 0.3) is 0 Å². The second kappa shape index (κ2) is 7.24. The van der Waals surface area contributed by atoms with Gasteiger partial charge in [-0.25, -0.2) is 0 Å². The van der Waals surface area contributed by atoms with Crippen molar-refractivity contribution in [1.82, 2.24) is 0 Å². The van der Waals surface area contributed by atoms with E-state index in [2.05, 4.69) is 6.92 Å². The maximum Gasteiger partial charge on any atom is 0.0776 e. The molecule has 0 aromatic carbocycles. The Morgan fingerprint density at radius 2 is 2.00 bits per heavy atom. The molecule has 84 valence electrons. The molecule has 0 radical (unpaired) electrons. The minimum atomic E-state index is -0.232. The van der Waals surface area contributed by atoms with Crippen molar-refractivity contribution >= 4 is 0 Å². The predicted octanol–water partition coefficient (Wildman–Crippen LogP) is 2.74. The average Bonchev–Trinajstić information content (AvgIpc) is 2.20. The molecule has 2 nitrogen and oxygen atoms in total. The first kappa shape index (κ1) is 12.0. The highest BCUT2D eigenvalue weighted by molar-refractivity contribution is 4.69. The first-order valence-electron chi connectivity index (χ1n) is 6.08. The molecule has 1 N–H and O–H groups in total. The van der Waals surface area contributed by atoms with Crippen LogP contribution in [-0.2, 0) is 4.74 Å². The Labute approximate surface area is 87.7 Å². The van der Waals surface area contributed by atoms with E-state index in [-0.39, 0.29) is 6.10 Å². The van der Waals surface area contributed by atoms with Gasteiger partial charge in [-0.1, -0.05) is 39.0 Å². The molecular formula is C12H24O2. The smallest absolute Gasteiger partial charge is 0.0776 e. The van der Waals surface area contributed by atoms with Crippen LogP contribution in [0.3, 0.4) is 0 Å². The van der Waals surface area contributed by atoms with Crippen LogP contribution in [-0.4, -0.2) is 24.4 Å². The Hall–Kier alpha value is -0.0800. The van der Waals surface area contributed by atoms with E-state index in [1.165, 1.54) is 32.1 Å². The van der Waals surface area contributed by atoms with Crippen LogP contribution in [0.1, 0.15) is 51.9 Å². The summed E-state index contributed by atoms with van der Waals surface area (Å²) in [5.74, 6) is 0.754. The van der Waals surface area contributed by atoms with Gasteiger partial charge in [-0.2, -0.15) is 0 Å². The molecule has 1 aliphatic rings. The third-order valence-corrected chi connectivity index (χ3v) is 2.99. The van der Waals surface area contributed by atoms with Gasteiger partial charge in [-0.05, 0) is 18.8 Å². The molecule has 1 unspecified atom stereocenters. The lowest BCUT2D eigenvalue weighted by Crippen LogP contribution is -2.21. The fraction of sp³-hybridized carbons (Fsp3) is 1.00. The zero-order valence-electron chi connectivity index (χ0n) is 9.37. The standard InChI is InChI=1S/C12H24O2/c1-2-8-14-10-12(13)9-11-6-4-3-5-7-11/h11-13H,2-10H2,1H3. The number of aliphatic hydroxyl groups is 1. The zero-order chi connectivity index (χ0) is 10.2. The van der Waals surface area contributed by atoms with Crippen molar-refractivity contribution in [2.75, 3.05) is 13.2 Å². The van der Waals surface area contributed by atoms with Gasteiger partial charge in [0.15, 0.2) is 0 Å². The van der Waals surface area contributed by atoms with E-state index < -0.39 is 0 Å². The summed E-state index contributed by atoms with van der Waals surface area (Å²) < 4.78 is 5.34. The van der Waals surface area contributed by atoms with Gasteiger partial charge in [-0.15, -0.1) is 0 Å². The van der Waals surface area contributed by atoms with Gasteiger partial charge >= 0.3 is 0 Å². The van der Waals surface area contributed by atoms with Gasteiger partial charge in [0, 0.05) is 6.61 Å². The highest BCUT2D eigenvalue weighted by Crippen LogP contribution is 2.27. The first-order valence-corrected chi connectivity index (χ1v) is 6.08. The van der Waals surface area contributed by atoms with E-state index in [9.17, 15) is 5.11 Å². The second-order valence-electron chi connectivity index (χ2n) is 4.47. The lowest BCUT2D eigenvalue weighted by Gasteiger charge is -2.23. The van der Waals surface area contributed by atoms with E-state index >= 15 is 0 Å². The summed E-state index contributed by atoms with van der Waals surface area (Å²) in [7, 11) is 0. The molecule has 0 spiro atoms. The summed E-state index contributed by atoms with van der Waals surface area (Å²) in [5.41, 5.74) is 0. The largest absolute Gasteiger partial charge is 0.391 e. The fourth-order valence-electron chi connectivity index (χ4n) is 2.24. The van der Waals surface area contributed by atoms with Crippen molar-refractivity contribution in [2.24, 2.45) is 5.92 Å². The topological polar surface area (TPSA) is 29.5 Å². The molecule has 14 heavy (non-hydrogen) atoms. The van der Waals surface area contributed by atoms with E-state index in [0.717, 1.165) is 25.4 Å². The first-order chi connectivity index (χ1) is 6.83. The average molecular weight is 200 g/mol. The molecule has 0 aromatic heterocycles. The van der Waals surface area contributed by atoms with Crippen LogP contribution in [0.5, 0.6) is 0 Å². The van der Waals surface area contributed by atoms with E-state index in [0.29, 0.717) is 6.61 Å². The molecule has 1 saturated carbocycles. The summed E-state index contributed by atoms with van der Waals surface area (Å²) in [6.45, 7) is 3.40. The minimum absolute atomic E-state index is 0.232. The Bertz CT molecular complexity index is 130. The maximum atomic E-state index is 9.70. The van der Waals surface area contributed by atoms with Gasteiger partial charge in [0.1, 0.15) is 0 Å². The molecule has 2 heteroatoms. The van der Waals surface area contributed by atoms with Crippen molar-refractivity contribution in [3.8, 4) is 0 Å². The maximum absolute atomic E-state index is 9.70. The van der Waals surface area contributed by atoms with Crippen LogP contribution in [0.2, 0.25) is 0 Å². The van der Waals surface area contributed by atoms with Crippen molar-refractivity contribution < 1.29 is 9.84 Å². The summed E-state index contributed by atoms with van der Waals surface area (Å²) >= 11 is 0. The third-order valence-electron chi connectivity index (χ3n) is 2.99. The SMILES string of the molecule is CCCOCC(O)CC1CCCCC1. The van der Waals surface area contributed by atoms with Gasteiger partial charge in [0.05, 0.1) is 12.7 Å². The number of hydrogen-bond acceptors (Lipinski definition) is 2. The lowest BCUT2D eigenvalue weighted by molar-refractivity contribution is 0.0212. The summed E-state index contributed by atoms with van der Waals surface area (Å²) in [4.78, 5) is 0. The zero-order valence-corrected chi connectivity index (χ0v) is 9.37.